The Labute approximate surface area is 448 Å². The van der Waals surface area contributed by atoms with E-state index in [-0.39, 0.29) is 0 Å². The molecule has 0 saturated heterocycles. The zero-order chi connectivity index (χ0) is 50.9. The largest absolute Gasteiger partial charge is 0.455 e. The molecule has 77 heavy (non-hydrogen) atoms. The highest BCUT2D eigenvalue weighted by Gasteiger charge is 2.46. The lowest BCUT2D eigenvalue weighted by molar-refractivity contribution is 0.670. The lowest BCUT2D eigenvalue weighted by atomic mass is 9.67. The van der Waals surface area contributed by atoms with Crippen molar-refractivity contribution in [3.05, 3.63) is 320 Å². The topological polar surface area (TPSA) is 16.4 Å². The Kier molecular flexibility index (Phi) is 10.5. The van der Waals surface area contributed by atoms with E-state index in [0.717, 1.165) is 55.7 Å². The number of rotatable bonds is 9. The van der Waals surface area contributed by atoms with Gasteiger partial charge in [-0.2, -0.15) is 0 Å². The van der Waals surface area contributed by atoms with Crippen LogP contribution in [0.25, 0.3) is 99.1 Å². The Bertz CT molecular complexity index is 4480. The van der Waals surface area contributed by atoms with Crippen molar-refractivity contribution in [2.24, 2.45) is 0 Å². The van der Waals surface area contributed by atoms with Crippen LogP contribution in [0.4, 0.5) is 17.1 Å². The van der Waals surface area contributed by atoms with Gasteiger partial charge in [0.25, 0.3) is 0 Å². The van der Waals surface area contributed by atoms with Gasteiger partial charge in [0.05, 0.1) is 5.41 Å². The predicted molar refractivity (Wildman–Crippen MR) is 322 cm³/mol. The summed E-state index contributed by atoms with van der Waals surface area (Å²) in [7, 11) is 0. The summed E-state index contributed by atoms with van der Waals surface area (Å²) in [5, 5.41) is 7.27. The quantitative estimate of drug-likeness (QED) is 0.134. The second kappa shape index (κ2) is 18.1. The van der Waals surface area contributed by atoms with E-state index in [0.29, 0.717) is 0 Å². The normalized spacial score (nSPS) is 12.5. The van der Waals surface area contributed by atoms with Gasteiger partial charge in [-0.05, 0) is 142 Å². The van der Waals surface area contributed by atoms with E-state index >= 15 is 0 Å². The minimum absolute atomic E-state index is 0.650. The molecular formula is C75H49NO. The summed E-state index contributed by atoms with van der Waals surface area (Å²) in [4.78, 5) is 2.42. The molecule has 13 aromatic carbocycles. The van der Waals surface area contributed by atoms with E-state index in [2.05, 4.69) is 296 Å². The van der Waals surface area contributed by atoms with Crippen LogP contribution in [0.5, 0.6) is 0 Å². The molecule has 14 aromatic rings. The summed E-state index contributed by atoms with van der Waals surface area (Å²) in [6, 6.07) is 109. The van der Waals surface area contributed by atoms with Crippen molar-refractivity contribution >= 4 is 60.5 Å². The summed E-state index contributed by atoms with van der Waals surface area (Å²) in [5.41, 5.74) is 21.1. The molecular weight excluding hydrogens is 931 g/mol. The maximum atomic E-state index is 6.55. The van der Waals surface area contributed by atoms with Gasteiger partial charge in [0.2, 0.25) is 0 Å². The summed E-state index contributed by atoms with van der Waals surface area (Å²) in [6.45, 7) is 0. The Morgan fingerprint density at radius 1 is 0.273 bits per heavy atom. The molecule has 1 aliphatic carbocycles. The van der Waals surface area contributed by atoms with Gasteiger partial charge >= 0.3 is 0 Å². The fourth-order valence-corrected chi connectivity index (χ4v) is 12.6. The molecule has 1 aromatic heterocycles. The van der Waals surface area contributed by atoms with Crippen molar-refractivity contribution in [1.82, 2.24) is 0 Å². The van der Waals surface area contributed by atoms with E-state index in [1.807, 2.05) is 6.07 Å². The summed E-state index contributed by atoms with van der Waals surface area (Å²) < 4.78 is 6.55. The number of benzene rings is 13. The van der Waals surface area contributed by atoms with E-state index in [1.54, 1.807) is 0 Å². The number of hydrogen-bond acceptors (Lipinski definition) is 2. The third-order valence-electron chi connectivity index (χ3n) is 16.2. The van der Waals surface area contributed by atoms with Crippen molar-refractivity contribution in [2.75, 3.05) is 4.90 Å². The van der Waals surface area contributed by atoms with Crippen molar-refractivity contribution in [3.63, 3.8) is 0 Å². The van der Waals surface area contributed by atoms with Crippen molar-refractivity contribution in [2.45, 2.75) is 5.41 Å². The van der Waals surface area contributed by atoms with Gasteiger partial charge in [-0.15, -0.1) is 0 Å². The van der Waals surface area contributed by atoms with Gasteiger partial charge in [-0.25, -0.2) is 0 Å². The zero-order valence-corrected chi connectivity index (χ0v) is 42.1. The zero-order valence-electron chi connectivity index (χ0n) is 42.1. The Hall–Kier alpha value is -10.0. The molecule has 0 radical (unpaired) electrons. The van der Waals surface area contributed by atoms with Crippen LogP contribution in [-0.2, 0) is 5.41 Å². The number of nitrogens with zero attached hydrogens (tertiary/aromatic N) is 1. The smallest absolute Gasteiger partial charge is 0.143 e. The monoisotopic (exact) mass is 979 g/mol. The molecule has 15 rings (SSSR count). The van der Waals surface area contributed by atoms with E-state index in [4.69, 9.17) is 4.42 Å². The predicted octanol–water partition coefficient (Wildman–Crippen LogP) is 20.4. The first-order valence-corrected chi connectivity index (χ1v) is 26.6. The SMILES string of the molecule is c1ccc(-c2ccc(-c3ccc(N(c4ccc(-c5cccc6c5oc5ccccc56)cc4)c4ccc5c(c4)C(c4ccccc4)(c4ccccc4)c4cc(-c6cccc7ccc8ccccc8c67)ccc4-5)cc3)cc2)cc1. The molecule has 1 aliphatic rings. The van der Waals surface area contributed by atoms with Gasteiger partial charge in [-0.1, -0.05) is 249 Å². The van der Waals surface area contributed by atoms with Crippen molar-refractivity contribution < 1.29 is 4.42 Å². The van der Waals surface area contributed by atoms with Crippen molar-refractivity contribution in [3.8, 4) is 55.6 Å². The first-order valence-electron chi connectivity index (χ1n) is 26.6. The third-order valence-corrected chi connectivity index (χ3v) is 16.2. The molecule has 0 spiro atoms. The van der Waals surface area contributed by atoms with Gasteiger partial charge in [-0.3, -0.25) is 0 Å². The minimum Gasteiger partial charge on any atom is -0.455 e. The average Bonchev–Trinajstić information content (AvgIpc) is 4.16. The van der Waals surface area contributed by atoms with Gasteiger partial charge in [0, 0.05) is 33.4 Å². The molecule has 0 atom stereocenters. The molecule has 0 N–H and O–H groups in total. The molecule has 0 aliphatic heterocycles. The fraction of sp³-hybridized carbons (Fsp3) is 0.0133. The molecule has 1 heterocycles. The second-order valence-electron chi connectivity index (χ2n) is 20.3. The highest BCUT2D eigenvalue weighted by atomic mass is 16.3. The molecule has 2 heteroatoms. The fourth-order valence-electron chi connectivity index (χ4n) is 12.6. The number of anilines is 3. The standard InChI is InChI=1S/C75H49NO/c1-4-16-50(17-5-1)51-30-32-52(33-31-51)53-36-41-60(42-37-53)76(61-43-38-55(39-44-61)65-27-15-28-69-68-25-12-13-29-72(68)77-74(65)69)62-45-47-67-66-46-40-57(64-26-14-19-56-35-34-54-18-10-11-24-63(54)73(56)64)48-70(66)75(71(67)49-62,58-20-6-2-7-21-58)59-22-8-3-9-23-59/h1-49H. The third kappa shape index (κ3) is 7.25. The second-order valence-corrected chi connectivity index (χ2v) is 20.3. The van der Waals surface area contributed by atoms with Crippen LogP contribution in [0.2, 0.25) is 0 Å². The molecule has 0 amide bonds. The summed E-state index contributed by atoms with van der Waals surface area (Å²) >= 11 is 0. The number of hydrogen-bond donors (Lipinski definition) is 0. The Balaban J connectivity index is 0.911. The van der Waals surface area contributed by atoms with Gasteiger partial charge in [0.1, 0.15) is 11.2 Å². The molecule has 0 saturated carbocycles. The van der Waals surface area contributed by atoms with Crippen LogP contribution in [0.15, 0.2) is 302 Å². The Morgan fingerprint density at radius 3 is 1.43 bits per heavy atom. The molecule has 2 nitrogen and oxygen atoms in total. The first kappa shape index (κ1) is 44.5. The maximum Gasteiger partial charge on any atom is 0.143 e. The lowest BCUT2D eigenvalue weighted by Gasteiger charge is -2.35. The minimum atomic E-state index is -0.650. The van der Waals surface area contributed by atoms with Crippen LogP contribution in [0.1, 0.15) is 22.3 Å². The summed E-state index contributed by atoms with van der Waals surface area (Å²) in [6.07, 6.45) is 0. The van der Waals surface area contributed by atoms with Crippen LogP contribution >= 0.6 is 0 Å². The number of fused-ring (bicyclic) bond motifs is 9. The maximum absolute atomic E-state index is 6.55. The lowest BCUT2D eigenvalue weighted by Crippen LogP contribution is -2.28. The molecule has 360 valence electrons. The highest BCUT2D eigenvalue weighted by Crippen LogP contribution is 2.58. The Morgan fingerprint density at radius 2 is 0.740 bits per heavy atom. The summed E-state index contributed by atoms with van der Waals surface area (Å²) in [5.74, 6) is 0. The van der Waals surface area contributed by atoms with Crippen molar-refractivity contribution in [1.29, 1.82) is 0 Å². The van der Waals surface area contributed by atoms with Gasteiger partial charge < -0.3 is 9.32 Å². The molecule has 0 bridgehead atoms. The van der Waals surface area contributed by atoms with Crippen LogP contribution in [-0.4, -0.2) is 0 Å². The van der Waals surface area contributed by atoms with Gasteiger partial charge in [0.15, 0.2) is 0 Å². The number of para-hydroxylation sites is 2. The van der Waals surface area contributed by atoms with E-state index in [1.165, 1.54) is 82.7 Å². The van der Waals surface area contributed by atoms with Crippen LogP contribution < -0.4 is 4.90 Å². The average molecular weight is 980 g/mol. The number of furan rings is 1. The van der Waals surface area contributed by atoms with E-state index in [9.17, 15) is 0 Å². The first-order chi connectivity index (χ1) is 38.2. The highest BCUT2D eigenvalue weighted by molar-refractivity contribution is 6.14. The van der Waals surface area contributed by atoms with Crippen LogP contribution in [0.3, 0.4) is 0 Å². The van der Waals surface area contributed by atoms with Crippen LogP contribution in [0, 0.1) is 0 Å². The van der Waals surface area contributed by atoms with E-state index < -0.39 is 5.41 Å². The molecule has 0 fully saturated rings. The molecule has 0 unspecified atom stereocenters.